The number of anilines is 1. The van der Waals surface area contributed by atoms with E-state index in [-0.39, 0.29) is 25.0 Å². The molecule has 1 atom stereocenters. The summed E-state index contributed by atoms with van der Waals surface area (Å²) in [6.07, 6.45) is 1.30. The van der Waals surface area contributed by atoms with E-state index in [1.165, 1.54) is 0 Å². The summed E-state index contributed by atoms with van der Waals surface area (Å²) in [5.41, 5.74) is 3.73. The number of fused-ring (bicyclic) bond motifs is 1. The van der Waals surface area contributed by atoms with E-state index >= 15 is 0 Å². The fraction of sp³-hybridized carbons (Fsp3) is 0.318. The monoisotopic (exact) mass is 394 g/mol. The van der Waals surface area contributed by atoms with Crippen molar-refractivity contribution in [2.45, 2.75) is 19.8 Å². The third kappa shape index (κ3) is 3.68. The zero-order valence-electron chi connectivity index (χ0n) is 16.1. The molecule has 0 aromatic heterocycles. The van der Waals surface area contributed by atoms with Crippen LogP contribution in [0.4, 0.5) is 5.69 Å². The number of aliphatic carboxylic acids is 1. The fourth-order valence-corrected chi connectivity index (χ4v) is 3.95. The number of carbonyl (C=O) groups excluding carboxylic acids is 2. The molecule has 2 aliphatic heterocycles. The summed E-state index contributed by atoms with van der Waals surface area (Å²) in [6, 6.07) is 11.1. The van der Waals surface area contributed by atoms with Gasteiger partial charge in [-0.25, -0.2) is 0 Å². The van der Waals surface area contributed by atoms with E-state index in [0.717, 1.165) is 16.7 Å². The van der Waals surface area contributed by atoms with E-state index in [1.54, 1.807) is 17.0 Å². The maximum absolute atomic E-state index is 13.0. The molecule has 1 fully saturated rings. The molecule has 2 aliphatic rings. The summed E-state index contributed by atoms with van der Waals surface area (Å²) in [7, 11) is 0. The van der Waals surface area contributed by atoms with Crippen LogP contribution in [0.3, 0.4) is 0 Å². The minimum absolute atomic E-state index is 0.0285. The SMILES string of the molecule is Cc1cc(-c2cccc3c2OCC(=O)N3)ccc1C(=O)N1CCCC(C(=O)O)C1. The van der Waals surface area contributed by atoms with Crippen LogP contribution in [0.1, 0.15) is 28.8 Å². The largest absolute Gasteiger partial charge is 0.481 e. The molecule has 4 rings (SSSR count). The number of hydrogen-bond donors (Lipinski definition) is 2. The van der Waals surface area contributed by atoms with E-state index in [1.807, 2.05) is 31.2 Å². The number of ether oxygens (including phenoxy) is 1. The molecule has 0 radical (unpaired) electrons. The molecule has 7 heteroatoms. The van der Waals surface area contributed by atoms with Gasteiger partial charge in [0.05, 0.1) is 11.6 Å². The van der Waals surface area contributed by atoms with Gasteiger partial charge in [-0.15, -0.1) is 0 Å². The van der Waals surface area contributed by atoms with Gasteiger partial charge in [-0.2, -0.15) is 0 Å². The van der Waals surface area contributed by atoms with E-state index in [0.29, 0.717) is 36.4 Å². The van der Waals surface area contributed by atoms with E-state index in [4.69, 9.17) is 4.74 Å². The van der Waals surface area contributed by atoms with Crippen molar-refractivity contribution in [3.05, 3.63) is 47.5 Å². The highest BCUT2D eigenvalue weighted by Crippen LogP contribution is 2.38. The predicted octanol–water partition coefficient (Wildman–Crippen LogP) is 2.93. The Bertz CT molecular complexity index is 1000. The third-order valence-corrected chi connectivity index (χ3v) is 5.46. The minimum atomic E-state index is -0.851. The van der Waals surface area contributed by atoms with E-state index in [9.17, 15) is 19.5 Å². The average molecular weight is 394 g/mol. The van der Waals surface area contributed by atoms with Gasteiger partial charge < -0.3 is 20.1 Å². The summed E-state index contributed by atoms with van der Waals surface area (Å²) in [4.78, 5) is 37.4. The van der Waals surface area contributed by atoms with Gasteiger partial charge in [0, 0.05) is 24.2 Å². The van der Waals surface area contributed by atoms with Gasteiger partial charge >= 0.3 is 5.97 Å². The second-order valence-electron chi connectivity index (χ2n) is 7.48. The van der Waals surface area contributed by atoms with Crippen molar-refractivity contribution in [3.8, 4) is 16.9 Å². The molecule has 1 saturated heterocycles. The number of hydrogen-bond acceptors (Lipinski definition) is 4. The molecule has 0 bridgehead atoms. The van der Waals surface area contributed by atoms with Crippen LogP contribution >= 0.6 is 0 Å². The molecule has 29 heavy (non-hydrogen) atoms. The number of carboxylic acid groups (broad SMARTS) is 1. The van der Waals surface area contributed by atoms with Crippen molar-refractivity contribution in [1.82, 2.24) is 4.90 Å². The van der Waals surface area contributed by atoms with Crippen molar-refractivity contribution < 1.29 is 24.2 Å². The standard InChI is InChI=1S/C22H22N2O5/c1-13-10-14(17-5-2-6-18-20(17)29-12-19(25)23-18)7-8-16(13)21(26)24-9-3-4-15(11-24)22(27)28/h2,5-8,10,15H,3-4,9,11-12H2,1H3,(H,23,25)(H,27,28). The maximum atomic E-state index is 13.0. The normalized spacial score (nSPS) is 18.4. The lowest BCUT2D eigenvalue weighted by atomic mass is 9.95. The third-order valence-electron chi connectivity index (χ3n) is 5.46. The van der Waals surface area contributed by atoms with Crippen molar-refractivity contribution in [1.29, 1.82) is 0 Å². The Labute approximate surface area is 168 Å². The van der Waals surface area contributed by atoms with Gasteiger partial charge in [-0.3, -0.25) is 14.4 Å². The summed E-state index contributed by atoms with van der Waals surface area (Å²) >= 11 is 0. The number of nitrogens with one attached hydrogen (secondary N) is 1. The lowest BCUT2D eigenvalue weighted by Crippen LogP contribution is -2.42. The zero-order chi connectivity index (χ0) is 20.5. The first-order chi connectivity index (χ1) is 13.9. The fourth-order valence-electron chi connectivity index (χ4n) is 3.95. The number of piperidine rings is 1. The molecular formula is C22H22N2O5. The molecule has 2 amide bonds. The van der Waals surface area contributed by atoms with E-state index < -0.39 is 11.9 Å². The van der Waals surface area contributed by atoms with Gasteiger partial charge in [0.1, 0.15) is 0 Å². The van der Waals surface area contributed by atoms with Crippen LogP contribution in [0.15, 0.2) is 36.4 Å². The molecule has 2 N–H and O–H groups in total. The number of carboxylic acids is 1. The minimum Gasteiger partial charge on any atom is -0.481 e. The predicted molar refractivity (Wildman–Crippen MR) is 107 cm³/mol. The Kier molecular flexibility index (Phi) is 4.96. The molecule has 2 aromatic carbocycles. The van der Waals surface area contributed by atoms with Crippen LogP contribution in [-0.4, -0.2) is 47.5 Å². The quantitative estimate of drug-likeness (QED) is 0.835. The van der Waals surface area contributed by atoms with Crippen LogP contribution in [0.5, 0.6) is 5.75 Å². The Morgan fingerprint density at radius 1 is 1.24 bits per heavy atom. The Morgan fingerprint density at radius 2 is 2.07 bits per heavy atom. The smallest absolute Gasteiger partial charge is 0.308 e. The first-order valence-corrected chi connectivity index (χ1v) is 9.63. The number of carbonyl (C=O) groups is 3. The van der Waals surface area contributed by atoms with Crippen LogP contribution in [0, 0.1) is 12.8 Å². The summed E-state index contributed by atoms with van der Waals surface area (Å²) in [5, 5.41) is 12.1. The highest BCUT2D eigenvalue weighted by atomic mass is 16.5. The Balaban J connectivity index is 1.61. The lowest BCUT2D eigenvalue weighted by molar-refractivity contribution is -0.143. The first-order valence-electron chi connectivity index (χ1n) is 9.63. The second kappa shape index (κ2) is 7.58. The van der Waals surface area contributed by atoms with Crippen LogP contribution in [-0.2, 0) is 9.59 Å². The van der Waals surface area contributed by atoms with Crippen molar-refractivity contribution in [3.63, 3.8) is 0 Å². The number of para-hydroxylation sites is 1. The molecule has 150 valence electrons. The first kappa shape index (κ1) is 19.0. The molecule has 0 saturated carbocycles. The summed E-state index contributed by atoms with van der Waals surface area (Å²) in [6.45, 7) is 2.66. The molecule has 2 aromatic rings. The van der Waals surface area contributed by atoms with Gasteiger partial charge in [0.25, 0.3) is 11.8 Å². The van der Waals surface area contributed by atoms with Gasteiger partial charge in [0.2, 0.25) is 0 Å². The Hall–Kier alpha value is -3.35. The van der Waals surface area contributed by atoms with Gasteiger partial charge in [-0.1, -0.05) is 24.3 Å². The number of likely N-dealkylation sites (tertiary alicyclic amines) is 1. The number of amides is 2. The number of aryl methyl sites for hydroxylation is 1. The van der Waals surface area contributed by atoms with Gasteiger partial charge in [-0.05, 0) is 43.0 Å². The molecule has 0 spiro atoms. The van der Waals surface area contributed by atoms with Crippen LogP contribution < -0.4 is 10.1 Å². The molecule has 2 heterocycles. The van der Waals surface area contributed by atoms with Crippen molar-refractivity contribution in [2.75, 3.05) is 25.0 Å². The van der Waals surface area contributed by atoms with Crippen molar-refractivity contribution in [2.24, 2.45) is 5.92 Å². The highest BCUT2D eigenvalue weighted by molar-refractivity contribution is 5.99. The molecule has 7 nitrogen and oxygen atoms in total. The maximum Gasteiger partial charge on any atom is 0.308 e. The molecular weight excluding hydrogens is 372 g/mol. The second-order valence-corrected chi connectivity index (χ2v) is 7.48. The van der Waals surface area contributed by atoms with Crippen molar-refractivity contribution >= 4 is 23.5 Å². The van der Waals surface area contributed by atoms with Crippen LogP contribution in [0.2, 0.25) is 0 Å². The number of benzene rings is 2. The highest BCUT2D eigenvalue weighted by Gasteiger charge is 2.29. The van der Waals surface area contributed by atoms with Crippen LogP contribution in [0.25, 0.3) is 11.1 Å². The molecule has 1 unspecified atom stereocenters. The average Bonchev–Trinajstić information content (AvgIpc) is 2.72. The zero-order valence-corrected chi connectivity index (χ0v) is 16.1. The number of rotatable bonds is 3. The van der Waals surface area contributed by atoms with E-state index in [2.05, 4.69) is 5.32 Å². The number of nitrogens with zero attached hydrogens (tertiary/aromatic N) is 1. The lowest BCUT2D eigenvalue weighted by Gasteiger charge is -2.31. The Morgan fingerprint density at radius 3 is 2.83 bits per heavy atom. The topological polar surface area (TPSA) is 95.9 Å². The summed E-state index contributed by atoms with van der Waals surface area (Å²) < 4.78 is 5.63. The van der Waals surface area contributed by atoms with Gasteiger partial charge in [0.15, 0.2) is 12.4 Å². The summed E-state index contributed by atoms with van der Waals surface area (Å²) in [5.74, 6) is -1.07. The molecule has 0 aliphatic carbocycles.